The molecule has 0 saturated carbocycles. The molecule has 0 aliphatic carbocycles. The molecule has 2 aromatic rings. The summed E-state index contributed by atoms with van der Waals surface area (Å²) in [5.74, 6) is 0.171. The molecule has 1 aromatic carbocycles. The van der Waals surface area contributed by atoms with Gasteiger partial charge in [-0.15, -0.1) is 0 Å². The summed E-state index contributed by atoms with van der Waals surface area (Å²) in [7, 11) is 0. The number of amides is 1. The van der Waals surface area contributed by atoms with E-state index in [0.29, 0.717) is 18.8 Å². The molecule has 1 aromatic heterocycles. The molecule has 116 valence electrons. The number of rotatable bonds is 4. The Kier molecular flexibility index (Phi) is 4.49. The van der Waals surface area contributed by atoms with Crippen LogP contribution in [0.5, 0.6) is 0 Å². The molecule has 6 heteroatoms. The summed E-state index contributed by atoms with van der Waals surface area (Å²) in [5, 5.41) is 10.1. The minimum atomic E-state index is -0.0207. The summed E-state index contributed by atoms with van der Waals surface area (Å²) in [5.41, 5.74) is 1.51. The highest BCUT2D eigenvalue weighted by Crippen LogP contribution is 2.24. The molecule has 1 N–H and O–H groups in total. The molecule has 1 atom stereocenters. The molecule has 1 saturated heterocycles. The lowest BCUT2D eigenvalue weighted by Crippen LogP contribution is -2.30. The van der Waals surface area contributed by atoms with Gasteiger partial charge in [0.2, 0.25) is 0 Å². The Labute approximate surface area is 134 Å². The first-order chi connectivity index (χ1) is 10.7. The van der Waals surface area contributed by atoms with E-state index < -0.39 is 0 Å². The number of para-hydroxylation sites is 1. The molecule has 1 aliphatic heterocycles. The molecule has 22 heavy (non-hydrogen) atoms. The first-order valence-corrected chi connectivity index (χ1v) is 8.54. The van der Waals surface area contributed by atoms with E-state index in [1.165, 1.54) is 11.8 Å². The average Bonchev–Trinajstić information content (AvgIpc) is 3.21. The molecule has 1 fully saturated rings. The highest BCUT2D eigenvalue weighted by atomic mass is 32.2. The summed E-state index contributed by atoms with van der Waals surface area (Å²) in [6.45, 7) is 1.44. The minimum absolute atomic E-state index is 0.0207. The van der Waals surface area contributed by atoms with E-state index in [-0.39, 0.29) is 18.4 Å². The third kappa shape index (κ3) is 2.76. The fourth-order valence-corrected chi connectivity index (χ4v) is 3.33. The number of imidazole rings is 1. The van der Waals surface area contributed by atoms with Crippen LogP contribution < -0.4 is 0 Å². The van der Waals surface area contributed by atoms with E-state index in [0.717, 1.165) is 17.3 Å². The number of carbonyl (C=O) groups is 1. The lowest BCUT2D eigenvalue weighted by atomic mass is 10.1. The maximum atomic E-state index is 12.8. The van der Waals surface area contributed by atoms with Crippen LogP contribution in [0.4, 0.5) is 0 Å². The summed E-state index contributed by atoms with van der Waals surface area (Å²) < 4.78 is 1.90. The SMILES string of the molecule is CSc1ncc(C(=O)N2CCC(CO)C2)n1-c1ccccc1. The predicted octanol–water partition coefficient (Wildman–Crippen LogP) is 2.05. The van der Waals surface area contributed by atoms with Gasteiger partial charge in [0, 0.05) is 31.3 Å². The number of hydrogen-bond acceptors (Lipinski definition) is 4. The Morgan fingerprint density at radius 3 is 2.82 bits per heavy atom. The van der Waals surface area contributed by atoms with Crippen molar-refractivity contribution in [3.05, 3.63) is 42.2 Å². The van der Waals surface area contributed by atoms with Gasteiger partial charge in [0.15, 0.2) is 5.16 Å². The fourth-order valence-electron chi connectivity index (χ4n) is 2.78. The van der Waals surface area contributed by atoms with E-state index >= 15 is 0 Å². The number of benzene rings is 1. The van der Waals surface area contributed by atoms with Crippen LogP contribution in [-0.4, -0.2) is 51.4 Å². The number of aliphatic hydroxyl groups is 1. The Bertz CT molecular complexity index is 657. The maximum absolute atomic E-state index is 12.8. The van der Waals surface area contributed by atoms with Gasteiger partial charge in [-0.3, -0.25) is 9.36 Å². The number of aliphatic hydroxyl groups excluding tert-OH is 1. The van der Waals surface area contributed by atoms with Crippen molar-refractivity contribution in [2.45, 2.75) is 11.6 Å². The van der Waals surface area contributed by atoms with E-state index in [4.69, 9.17) is 0 Å². The van der Waals surface area contributed by atoms with Crippen LogP contribution in [0.1, 0.15) is 16.9 Å². The molecule has 1 unspecified atom stereocenters. The van der Waals surface area contributed by atoms with Crippen LogP contribution >= 0.6 is 11.8 Å². The molecular formula is C16H19N3O2S. The second-order valence-electron chi connectivity index (χ2n) is 5.39. The molecular weight excluding hydrogens is 298 g/mol. The summed E-state index contributed by atoms with van der Waals surface area (Å²) in [6.07, 6.45) is 4.46. The topological polar surface area (TPSA) is 58.4 Å². The third-order valence-corrected chi connectivity index (χ3v) is 4.63. The smallest absolute Gasteiger partial charge is 0.272 e. The molecule has 2 heterocycles. The summed E-state index contributed by atoms with van der Waals surface area (Å²) in [6, 6.07) is 9.79. The van der Waals surface area contributed by atoms with Gasteiger partial charge in [-0.2, -0.15) is 0 Å². The van der Waals surface area contributed by atoms with Crippen molar-refractivity contribution >= 4 is 17.7 Å². The number of nitrogens with zero attached hydrogens (tertiary/aromatic N) is 3. The van der Waals surface area contributed by atoms with Crippen molar-refractivity contribution in [2.75, 3.05) is 26.0 Å². The predicted molar refractivity (Wildman–Crippen MR) is 86.4 cm³/mol. The highest BCUT2D eigenvalue weighted by Gasteiger charge is 2.29. The van der Waals surface area contributed by atoms with E-state index in [2.05, 4.69) is 4.98 Å². The van der Waals surface area contributed by atoms with Crippen LogP contribution in [0, 0.1) is 5.92 Å². The van der Waals surface area contributed by atoms with Gasteiger partial charge >= 0.3 is 0 Å². The molecule has 1 amide bonds. The monoisotopic (exact) mass is 317 g/mol. The molecule has 0 bridgehead atoms. The first kappa shape index (κ1) is 15.1. The number of hydrogen-bond donors (Lipinski definition) is 1. The van der Waals surface area contributed by atoms with Crippen molar-refractivity contribution in [1.82, 2.24) is 14.5 Å². The second kappa shape index (κ2) is 6.54. The lowest BCUT2D eigenvalue weighted by Gasteiger charge is -2.18. The molecule has 0 spiro atoms. The zero-order valence-corrected chi connectivity index (χ0v) is 13.3. The molecule has 0 radical (unpaired) electrons. The van der Waals surface area contributed by atoms with Gasteiger partial charge in [0.05, 0.1) is 6.20 Å². The van der Waals surface area contributed by atoms with E-state index in [1.54, 1.807) is 11.1 Å². The standard InChI is InChI=1S/C16H19N3O2S/c1-22-16-17-9-14(19(16)13-5-3-2-4-6-13)15(21)18-8-7-12(10-18)11-20/h2-6,9,12,20H,7-8,10-11H2,1H3. The van der Waals surface area contributed by atoms with Gasteiger partial charge in [0.25, 0.3) is 5.91 Å². The zero-order chi connectivity index (χ0) is 15.5. The van der Waals surface area contributed by atoms with Crippen molar-refractivity contribution in [1.29, 1.82) is 0 Å². The third-order valence-electron chi connectivity index (χ3n) is 3.98. The zero-order valence-electron chi connectivity index (χ0n) is 12.5. The van der Waals surface area contributed by atoms with E-state index in [1.807, 2.05) is 41.2 Å². The van der Waals surface area contributed by atoms with Crippen LogP contribution in [0.2, 0.25) is 0 Å². The number of likely N-dealkylation sites (tertiary alicyclic amines) is 1. The Morgan fingerprint density at radius 2 is 2.18 bits per heavy atom. The van der Waals surface area contributed by atoms with Gasteiger partial charge < -0.3 is 10.0 Å². The normalized spacial score (nSPS) is 17.9. The Balaban J connectivity index is 1.95. The van der Waals surface area contributed by atoms with Crippen LogP contribution in [0.25, 0.3) is 5.69 Å². The lowest BCUT2D eigenvalue weighted by molar-refractivity contribution is 0.0773. The van der Waals surface area contributed by atoms with E-state index in [9.17, 15) is 9.90 Å². The maximum Gasteiger partial charge on any atom is 0.272 e. The number of carbonyl (C=O) groups excluding carboxylic acids is 1. The van der Waals surface area contributed by atoms with Crippen molar-refractivity contribution in [3.63, 3.8) is 0 Å². The van der Waals surface area contributed by atoms with Crippen molar-refractivity contribution in [3.8, 4) is 5.69 Å². The largest absolute Gasteiger partial charge is 0.396 e. The fraction of sp³-hybridized carbons (Fsp3) is 0.375. The van der Waals surface area contributed by atoms with Crippen molar-refractivity contribution < 1.29 is 9.90 Å². The van der Waals surface area contributed by atoms with Gasteiger partial charge in [-0.05, 0) is 24.8 Å². The number of thioether (sulfide) groups is 1. The van der Waals surface area contributed by atoms with Crippen LogP contribution in [-0.2, 0) is 0 Å². The number of aromatic nitrogens is 2. The summed E-state index contributed by atoms with van der Waals surface area (Å²) >= 11 is 1.52. The Morgan fingerprint density at radius 1 is 1.41 bits per heavy atom. The van der Waals surface area contributed by atoms with Crippen molar-refractivity contribution in [2.24, 2.45) is 5.92 Å². The van der Waals surface area contributed by atoms with Gasteiger partial charge in [-0.1, -0.05) is 30.0 Å². The molecule has 1 aliphatic rings. The quantitative estimate of drug-likeness (QED) is 0.877. The van der Waals surface area contributed by atoms with Crippen LogP contribution in [0.3, 0.4) is 0 Å². The second-order valence-corrected chi connectivity index (χ2v) is 6.16. The molecule has 5 nitrogen and oxygen atoms in total. The van der Waals surface area contributed by atoms with Gasteiger partial charge in [0.1, 0.15) is 5.69 Å². The minimum Gasteiger partial charge on any atom is -0.396 e. The summed E-state index contributed by atoms with van der Waals surface area (Å²) in [4.78, 5) is 19.0. The Hall–Kier alpha value is -1.79. The molecule has 3 rings (SSSR count). The first-order valence-electron chi connectivity index (χ1n) is 7.32. The highest BCUT2D eigenvalue weighted by molar-refractivity contribution is 7.98. The average molecular weight is 317 g/mol. The van der Waals surface area contributed by atoms with Gasteiger partial charge in [-0.25, -0.2) is 4.98 Å². The van der Waals surface area contributed by atoms with Crippen LogP contribution in [0.15, 0.2) is 41.7 Å².